The lowest BCUT2D eigenvalue weighted by molar-refractivity contribution is -0.384. The minimum absolute atomic E-state index is 0.0249. The van der Waals surface area contributed by atoms with Crippen LogP contribution in [0.5, 0.6) is 0 Å². The quantitative estimate of drug-likeness (QED) is 0.427. The zero-order valence-corrected chi connectivity index (χ0v) is 14.6. The SMILES string of the molecule is O=C(CSc1nnc(NC2CC2)s1)Nc1ccc(Cl)c([N+](=O)[O-])c1. The molecular weight excluding hydrogens is 374 g/mol. The first-order valence-corrected chi connectivity index (χ1v) is 9.16. The van der Waals surface area contributed by atoms with E-state index in [1.54, 1.807) is 0 Å². The molecular formula is C13H12ClN5O3S2. The van der Waals surface area contributed by atoms with Gasteiger partial charge in [-0.25, -0.2) is 0 Å². The third kappa shape index (κ3) is 4.56. The van der Waals surface area contributed by atoms with E-state index in [1.807, 2.05) is 0 Å². The van der Waals surface area contributed by atoms with Crippen molar-refractivity contribution in [2.24, 2.45) is 0 Å². The summed E-state index contributed by atoms with van der Waals surface area (Å²) < 4.78 is 0.690. The summed E-state index contributed by atoms with van der Waals surface area (Å²) in [4.78, 5) is 22.2. The largest absolute Gasteiger partial charge is 0.357 e. The van der Waals surface area contributed by atoms with Crippen LogP contribution in [0, 0.1) is 10.1 Å². The Morgan fingerprint density at radius 3 is 2.96 bits per heavy atom. The monoisotopic (exact) mass is 385 g/mol. The lowest BCUT2D eigenvalue weighted by atomic mass is 10.3. The molecule has 0 saturated heterocycles. The van der Waals surface area contributed by atoms with Crippen LogP contribution in [0.1, 0.15) is 12.8 Å². The zero-order chi connectivity index (χ0) is 17.1. The van der Waals surface area contributed by atoms with E-state index in [0.717, 1.165) is 18.0 Å². The van der Waals surface area contributed by atoms with Crippen molar-refractivity contribution in [3.05, 3.63) is 33.3 Å². The van der Waals surface area contributed by atoms with Crippen LogP contribution in [0.2, 0.25) is 5.02 Å². The molecule has 1 saturated carbocycles. The summed E-state index contributed by atoms with van der Waals surface area (Å²) in [6.45, 7) is 0. The Hall–Kier alpha value is -1.91. The molecule has 1 aromatic carbocycles. The van der Waals surface area contributed by atoms with Crippen LogP contribution >= 0.6 is 34.7 Å². The van der Waals surface area contributed by atoms with Crippen molar-refractivity contribution < 1.29 is 9.72 Å². The van der Waals surface area contributed by atoms with Gasteiger partial charge in [-0.2, -0.15) is 0 Å². The predicted molar refractivity (Wildman–Crippen MR) is 94.0 cm³/mol. The van der Waals surface area contributed by atoms with Gasteiger partial charge in [0.25, 0.3) is 5.69 Å². The molecule has 1 aliphatic carbocycles. The Bertz CT molecular complexity index is 781. The van der Waals surface area contributed by atoms with Gasteiger partial charge >= 0.3 is 0 Å². The minimum atomic E-state index is -0.595. The standard InChI is InChI=1S/C13H12ClN5O3S2/c14-9-4-3-8(5-10(9)19(21)22)15-11(20)6-23-13-18-17-12(24-13)16-7-1-2-7/h3-5,7H,1-2,6H2,(H,15,20)(H,16,17). The van der Waals surface area contributed by atoms with Crippen LogP contribution < -0.4 is 10.6 Å². The smallest absolute Gasteiger partial charge is 0.289 e. The number of halogens is 1. The summed E-state index contributed by atoms with van der Waals surface area (Å²) in [5, 5.41) is 25.5. The van der Waals surface area contributed by atoms with E-state index in [9.17, 15) is 14.9 Å². The molecule has 8 nitrogen and oxygen atoms in total. The number of carbonyl (C=O) groups is 1. The second-order valence-corrected chi connectivity index (χ2v) is 7.66. The van der Waals surface area contributed by atoms with Crippen LogP contribution in [0.15, 0.2) is 22.5 Å². The highest BCUT2D eigenvalue weighted by molar-refractivity contribution is 8.01. The fourth-order valence-corrected chi connectivity index (χ4v) is 3.60. The topological polar surface area (TPSA) is 110 Å². The molecule has 0 unspecified atom stereocenters. The highest BCUT2D eigenvalue weighted by atomic mass is 35.5. The van der Waals surface area contributed by atoms with Gasteiger partial charge in [-0.1, -0.05) is 34.7 Å². The Morgan fingerprint density at radius 1 is 1.46 bits per heavy atom. The summed E-state index contributed by atoms with van der Waals surface area (Å²) >= 11 is 8.40. The van der Waals surface area contributed by atoms with Crippen molar-refractivity contribution in [2.75, 3.05) is 16.4 Å². The van der Waals surface area contributed by atoms with E-state index in [0.29, 0.717) is 16.1 Å². The molecule has 0 bridgehead atoms. The second-order valence-electron chi connectivity index (χ2n) is 5.05. The van der Waals surface area contributed by atoms with E-state index in [2.05, 4.69) is 20.8 Å². The van der Waals surface area contributed by atoms with Crippen LogP contribution in [-0.2, 0) is 4.79 Å². The number of nitro groups is 1. The number of thioether (sulfide) groups is 1. The predicted octanol–water partition coefficient (Wildman–Crippen LogP) is 3.40. The van der Waals surface area contributed by atoms with Gasteiger partial charge in [0, 0.05) is 17.8 Å². The fourth-order valence-electron chi connectivity index (χ4n) is 1.78. The molecule has 3 rings (SSSR count). The molecule has 1 fully saturated rings. The number of anilines is 2. The molecule has 2 N–H and O–H groups in total. The molecule has 1 heterocycles. The average Bonchev–Trinajstić information content (AvgIpc) is 3.23. The first kappa shape index (κ1) is 16.9. The molecule has 11 heteroatoms. The molecule has 2 aromatic rings. The third-order valence-corrected chi connectivity index (χ3v) is 5.37. The summed E-state index contributed by atoms with van der Waals surface area (Å²) in [6, 6.07) is 4.62. The summed E-state index contributed by atoms with van der Waals surface area (Å²) in [5.74, 6) is -0.155. The zero-order valence-electron chi connectivity index (χ0n) is 12.2. The second kappa shape index (κ2) is 7.32. The number of carbonyl (C=O) groups excluding carboxylic acids is 1. The normalized spacial score (nSPS) is 13.5. The van der Waals surface area contributed by atoms with E-state index in [4.69, 9.17) is 11.6 Å². The van der Waals surface area contributed by atoms with Crippen molar-refractivity contribution in [2.45, 2.75) is 23.2 Å². The lowest BCUT2D eigenvalue weighted by Gasteiger charge is -2.04. The van der Waals surface area contributed by atoms with Crippen molar-refractivity contribution >= 4 is 57.1 Å². The average molecular weight is 386 g/mol. The van der Waals surface area contributed by atoms with Crippen LogP contribution in [-0.4, -0.2) is 32.8 Å². The molecule has 126 valence electrons. The van der Waals surface area contributed by atoms with Gasteiger partial charge in [0.15, 0.2) is 4.34 Å². The van der Waals surface area contributed by atoms with Crippen molar-refractivity contribution in [1.82, 2.24) is 10.2 Å². The maximum atomic E-state index is 12.0. The number of nitrogens with one attached hydrogen (secondary N) is 2. The Morgan fingerprint density at radius 2 is 2.25 bits per heavy atom. The van der Waals surface area contributed by atoms with Crippen molar-refractivity contribution in [3.63, 3.8) is 0 Å². The first-order valence-electron chi connectivity index (χ1n) is 6.98. The molecule has 0 radical (unpaired) electrons. The Kier molecular flexibility index (Phi) is 5.17. The van der Waals surface area contributed by atoms with E-state index >= 15 is 0 Å². The maximum Gasteiger partial charge on any atom is 0.289 e. The molecule has 24 heavy (non-hydrogen) atoms. The van der Waals surface area contributed by atoms with E-state index < -0.39 is 4.92 Å². The van der Waals surface area contributed by atoms with E-state index in [-0.39, 0.29) is 22.4 Å². The number of hydrogen-bond acceptors (Lipinski definition) is 8. The van der Waals surface area contributed by atoms with E-state index in [1.165, 1.54) is 41.3 Å². The van der Waals surface area contributed by atoms with Crippen molar-refractivity contribution in [3.8, 4) is 0 Å². The van der Waals surface area contributed by atoms with Crippen molar-refractivity contribution in [1.29, 1.82) is 0 Å². The number of benzene rings is 1. The summed E-state index contributed by atoms with van der Waals surface area (Å²) in [7, 11) is 0. The molecule has 0 aliphatic heterocycles. The summed E-state index contributed by atoms with van der Waals surface area (Å²) in [6.07, 6.45) is 2.30. The number of rotatable bonds is 7. The Labute approximate surface area is 150 Å². The first-order chi connectivity index (χ1) is 11.5. The van der Waals surface area contributed by atoms with Gasteiger partial charge in [-0.15, -0.1) is 10.2 Å². The van der Waals surface area contributed by atoms with Crippen LogP contribution in [0.25, 0.3) is 0 Å². The van der Waals surface area contributed by atoms with Gasteiger partial charge in [-0.3, -0.25) is 14.9 Å². The highest BCUT2D eigenvalue weighted by Gasteiger charge is 2.22. The van der Waals surface area contributed by atoms with Crippen LogP contribution in [0.3, 0.4) is 0 Å². The Balaban J connectivity index is 1.52. The van der Waals surface area contributed by atoms with Crippen LogP contribution in [0.4, 0.5) is 16.5 Å². The molecule has 1 aliphatic rings. The lowest BCUT2D eigenvalue weighted by Crippen LogP contribution is -2.14. The van der Waals surface area contributed by atoms with Gasteiger partial charge in [0.2, 0.25) is 11.0 Å². The number of nitrogens with zero attached hydrogens (tertiary/aromatic N) is 3. The molecule has 0 spiro atoms. The molecule has 1 amide bonds. The minimum Gasteiger partial charge on any atom is -0.357 e. The maximum absolute atomic E-state index is 12.0. The number of aromatic nitrogens is 2. The molecule has 1 aromatic heterocycles. The number of nitro benzene ring substituents is 1. The number of amides is 1. The fraction of sp³-hybridized carbons (Fsp3) is 0.308. The van der Waals surface area contributed by atoms with Gasteiger partial charge in [0.1, 0.15) is 5.02 Å². The highest BCUT2D eigenvalue weighted by Crippen LogP contribution is 2.30. The van der Waals surface area contributed by atoms with Gasteiger partial charge in [0.05, 0.1) is 10.7 Å². The van der Waals surface area contributed by atoms with Gasteiger partial charge < -0.3 is 10.6 Å². The van der Waals surface area contributed by atoms with Gasteiger partial charge in [-0.05, 0) is 25.0 Å². The third-order valence-electron chi connectivity index (χ3n) is 3.06. The summed E-state index contributed by atoms with van der Waals surface area (Å²) in [5.41, 5.74) is 0.0760. The number of hydrogen-bond donors (Lipinski definition) is 2. The molecule has 0 atom stereocenters.